The molecule has 0 spiro atoms. The summed E-state index contributed by atoms with van der Waals surface area (Å²) in [6, 6.07) is -0.676. The van der Waals surface area contributed by atoms with E-state index in [2.05, 4.69) is 64.1 Å². The van der Waals surface area contributed by atoms with Crippen LogP contribution in [-0.4, -0.2) is 65.8 Å². The molecular formula is C51H85N3O8. The van der Waals surface area contributed by atoms with Crippen LogP contribution in [-0.2, 0) is 28.7 Å². The number of esters is 1. The molecule has 0 radical (unpaired) electrons. The molecule has 5 rings (SSSR count). The topological polar surface area (TPSA) is 160 Å². The molecule has 0 saturated heterocycles. The van der Waals surface area contributed by atoms with E-state index < -0.39 is 35.1 Å². The van der Waals surface area contributed by atoms with Crippen molar-refractivity contribution in [2.24, 2.45) is 62.1 Å². The van der Waals surface area contributed by atoms with E-state index in [0.29, 0.717) is 42.7 Å². The normalized spacial score (nSPS) is 35.4. The quantitative estimate of drug-likeness (QED) is 0.0678. The van der Waals surface area contributed by atoms with Gasteiger partial charge in [0.1, 0.15) is 17.7 Å². The molecule has 5 saturated carbocycles. The van der Waals surface area contributed by atoms with E-state index in [1.807, 2.05) is 0 Å². The number of hydrogen-bond donors (Lipinski definition) is 4. The number of amides is 3. The first kappa shape index (κ1) is 49.9. The van der Waals surface area contributed by atoms with Gasteiger partial charge in [0.25, 0.3) is 0 Å². The second-order valence-electron chi connectivity index (χ2n) is 23.7. The molecule has 0 aromatic carbocycles. The Morgan fingerprint density at radius 3 is 2.00 bits per heavy atom. The van der Waals surface area contributed by atoms with Crippen LogP contribution in [0.3, 0.4) is 0 Å². The standard InChI is InChI=1S/C51H85N3O8/c1-32(2)34-21-26-51(42(57)53-30-18-16-14-15-17-29-52-41(56)33(3)54-44(60)62-45(4,5)6)28-27-49(12)35(40(34)51)19-20-37-48(11)24-23-38(61-39(55)31-46(7,8)43(58)59)47(9,10)36(48)22-25-50(37,49)13/h33-38,40H,1,14-31H2,2-13H3,(H,52,56)(H,53,57)(H,54,60)(H,58,59)/t33-,34-,35+,36-,37+,38-,40+,48-,49+,50+,51-/m0/s1. The number of aliphatic carboxylic acids is 1. The van der Waals surface area contributed by atoms with E-state index in [1.165, 1.54) is 5.57 Å². The molecule has 0 bridgehead atoms. The number of carbonyl (C=O) groups excluding carboxylic acids is 4. The first-order chi connectivity index (χ1) is 28.7. The minimum Gasteiger partial charge on any atom is -0.481 e. The molecule has 11 nitrogen and oxygen atoms in total. The number of carboxylic acid groups (broad SMARTS) is 1. The van der Waals surface area contributed by atoms with E-state index >= 15 is 0 Å². The molecule has 3 amide bonds. The minimum atomic E-state index is -1.16. The highest BCUT2D eigenvalue weighted by molar-refractivity contribution is 5.85. The van der Waals surface area contributed by atoms with Crippen molar-refractivity contribution in [3.63, 3.8) is 0 Å². The molecule has 0 aromatic rings. The summed E-state index contributed by atoms with van der Waals surface area (Å²) in [6.07, 6.45) is 14.1. The van der Waals surface area contributed by atoms with Gasteiger partial charge in [-0.2, -0.15) is 0 Å². The summed E-state index contributed by atoms with van der Waals surface area (Å²) in [4.78, 5) is 63.9. The lowest BCUT2D eigenvalue weighted by atomic mass is 9.32. The van der Waals surface area contributed by atoms with Gasteiger partial charge in [-0.1, -0.05) is 66.0 Å². The second-order valence-corrected chi connectivity index (χ2v) is 23.7. The summed E-state index contributed by atoms with van der Waals surface area (Å²) in [5.74, 6) is 0.645. The zero-order chi connectivity index (χ0) is 46.3. The van der Waals surface area contributed by atoms with E-state index in [0.717, 1.165) is 96.3 Å². The first-order valence-electron chi connectivity index (χ1n) is 24.3. The molecule has 352 valence electrons. The number of fused-ring (bicyclic) bond motifs is 7. The SMILES string of the molecule is C=C(C)[C@@H]1CC[C@]2(C(=O)NCCCCCCCNC(=O)[C@H](C)NC(=O)OC(C)(C)C)CC[C@]3(C)[C@H](CC[C@@H]4[C@@]5(C)CC[C@H](OC(=O)CC(C)(C)C(=O)O)C(C)(C)[C@@H]5CC[C@]43C)[C@@H]12. The number of nitrogens with one attached hydrogen (secondary N) is 3. The number of carbonyl (C=O) groups is 5. The zero-order valence-corrected chi connectivity index (χ0v) is 40.8. The van der Waals surface area contributed by atoms with Crippen LogP contribution in [0.4, 0.5) is 4.79 Å². The largest absolute Gasteiger partial charge is 0.481 e. The molecule has 0 aromatic heterocycles. The fourth-order valence-corrected chi connectivity index (χ4v) is 14.4. The molecule has 0 aliphatic heterocycles. The maximum Gasteiger partial charge on any atom is 0.408 e. The molecule has 5 fully saturated rings. The maximum absolute atomic E-state index is 14.6. The number of ether oxygens (including phenoxy) is 2. The summed E-state index contributed by atoms with van der Waals surface area (Å²) < 4.78 is 11.4. The van der Waals surface area contributed by atoms with E-state index in [1.54, 1.807) is 41.5 Å². The summed E-state index contributed by atoms with van der Waals surface area (Å²) in [5.41, 5.74) is -0.841. The molecule has 5 aliphatic rings. The molecule has 0 heterocycles. The van der Waals surface area contributed by atoms with Gasteiger partial charge in [0.05, 0.1) is 17.3 Å². The monoisotopic (exact) mass is 868 g/mol. The van der Waals surface area contributed by atoms with Crippen LogP contribution in [0, 0.1) is 62.1 Å². The number of carboxylic acids is 1. The Balaban J connectivity index is 1.17. The highest BCUT2D eigenvalue weighted by Gasteiger charge is 2.72. The van der Waals surface area contributed by atoms with Crippen LogP contribution in [0.15, 0.2) is 12.2 Å². The number of unbranched alkanes of at least 4 members (excludes halogenated alkanes) is 4. The lowest BCUT2D eigenvalue weighted by molar-refractivity contribution is -0.249. The maximum atomic E-state index is 14.6. The van der Waals surface area contributed by atoms with E-state index in [-0.39, 0.29) is 51.4 Å². The van der Waals surface area contributed by atoms with Crippen molar-refractivity contribution >= 4 is 29.8 Å². The van der Waals surface area contributed by atoms with Crippen LogP contribution in [0.1, 0.15) is 186 Å². The summed E-state index contributed by atoms with van der Waals surface area (Å²) in [6.45, 7) is 30.4. The van der Waals surface area contributed by atoms with Crippen LogP contribution < -0.4 is 16.0 Å². The summed E-state index contributed by atoms with van der Waals surface area (Å²) in [7, 11) is 0. The molecule has 0 unspecified atom stereocenters. The summed E-state index contributed by atoms with van der Waals surface area (Å²) >= 11 is 0. The average Bonchev–Trinajstić information content (AvgIpc) is 3.56. The van der Waals surface area contributed by atoms with Crippen molar-refractivity contribution in [1.29, 1.82) is 0 Å². The number of hydrogen-bond acceptors (Lipinski definition) is 7. The van der Waals surface area contributed by atoms with Gasteiger partial charge in [0.15, 0.2) is 0 Å². The minimum absolute atomic E-state index is 0.0935. The summed E-state index contributed by atoms with van der Waals surface area (Å²) in [5, 5.41) is 18.6. The van der Waals surface area contributed by atoms with Crippen LogP contribution >= 0.6 is 0 Å². The van der Waals surface area contributed by atoms with Gasteiger partial charge in [0.2, 0.25) is 11.8 Å². The molecule has 11 heteroatoms. The second kappa shape index (κ2) is 18.4. The Labute approximate surface area is 374 Å². The molecule has 4 N–H and O–H groups in total. The lowest BCUT2D eigenvalue weighted by Crippen LogP contribution is -2.67. The Kier molecular flexibility index (Phi) is 14.8. The fourth-order valence-electron chi connectivity index (χ4n) is 14.4. The van der Waals surface area contributed by atoms with Gasteiger partial charge < -0.3 is 30.5 Å². The predicted molar refractivity (Wildman–Crippen MR) is 243 cm³/mol. The molecule has 11 atom stereocenters. The lowest BCUT2D eigenvalue weighted by Gasteiger charge is -2.72. The van der Waals surface area contributed by atoms with Crippen molar-refractivity contribution in [2.45, 2.75) is 204 Å². The van der Waals surface area contributed by atoms with E-state index in [4.69, 9.17) is 9.47 Å². The Morgan fingerprint density at radius 1 is 0.758 bits per heavy atom. The van der Waals surface area contributed by atoms with Crippen molar-refractivity contribution < 1.29 is 38.6 Å². The van der Waals surface area contributed by atoms with Gasteiger partial charge in [-0.25, -0.2) is 4.79 Å². The van der Waals surface area contributed by atoms with Crippen molar-refractivity contribution in [2.75, 3.05) is 13.1 Å². The fraction of sp³-hybridized carbons (Fsp3) is 0.863. The van der Waals surface area contributed by atoms with Crippen molar-refractivity contribution in [3.8, 4) is 0 Å². The third-order valence-electron chi connectivity index (χ3n) is 18.0. The first-order valence-corrected chi connectivity index (χ1v) is 24.3. The highest BCUT2D eigenvalue weighted by atomic mass is 16.6. The van der Waals surface area contributed by atoms with E-state index in [9.17, 15) is 29.1 Å². The van der Waals surface area contributed by atoms with Crippen LogP contribution in [0.2, 0.25) is 0 Å². The Morgan fingerprint density at radius 2 is 1.39 bits per heavy atom. The number of alkyl carbamates (subject to hydrolysis) is 1. The predicted octanol–water partition coefficient (Wildman–Crippen LogP) is 10.2. The van der Waals surface area contributed by atoms with Crippen molar-refractivity contribution in [3.05, 3.63) is 12.2 Å². The van der Waals surface area contributed by atoms with Crippen LogP contribution in [0.5, 0.6) is 0 Å². The number of rotatable bonds is 16. The van der Waals surface area contributed by atoms with Crippen molar-refractivity contribution in [1.82, 2.24) is 16.0 Å². The van der Waals surface area contributed by atoms with Gasteiger partial charge in [-0.05, 0) is 171 Å². The molecule has 5 aliphatic carbocycles. The van der Waals surface area contributed by atoms with Crippen LogP contribution in [0.25, 0.3) is 0 Å². The smallest absolute Gasteiger partial charge is 0.408 e. The zero-order valence-electron chi connectivity index (χ0n) is 40.8. The number of allylic oxidation sites excluding steroid dienone is 1. The average molecular weight is 868 g/mol. The van der Waals surface area contributed by atoms with Gasteiger partial charge in [-0.3, -0.25) is 19.2 Å². The van der Waals surface area contributed by atoms with Gasteiger partial charge in [-0.15, -0.1) is 0 Å². The molecular weight excluding hydrogens is 783 g/mol. The Bertz CT molecular complexity index is 1700. The third-order valence-corrected chi connectivity index (χ3v) is 18.0. The molecule has 62 heavy (non-hydrogen) atoms. The highest BCUT2D eigenvalue weighted by Crippen LogP contribution is 2.77. The third kappa shape index (κ3) is 9.62. The Hall–Kier alpha value is -3.11. The van der Waals surface area contributed by atoms with Gasteiger partial charge in [0, 0.05) is 18.5 Å². The van der Waals surface area contributed by atoms with Gasteiger partial charge >= 0.3 is 18.0 Å².